The van der Waals surface area contributed by atoms with Crippen molar-refractivity contribution in [2.75, 3.05) is 0 Å². The van der Waals surface area contributed by atoms with Crippen molar-refractivity contribution < 1.29 is 4.79 Å². The number of aromatic nitrogens is 1. The molecule has 0 amide bonds. The average molecular weight is 217 g/mol. The summed E-state index contributed by atoms with van der Waals surface area (Å²) >= 11 is 1.60. The Labute approximate surface area is 92.6 Å². The van der Waals surface area contributed by atoms with Gasteiger partial charge >= 0.3 is 0 Å². The van der Waals surface area contributed by atoms with E-state index in [0.29, 0.717) is 12.1 Å². The summed E-state index contributed by atoms with van der Waals surface area (Å²) in [5.74, 6) is 0.0810. The molecule has 0 aromatic carbocycles. The van der Waals surface area contributed by atoms with Crippen LogP contribution in [-0.4, -0.2) is 10.8 Å². The van der Waals surface area contributed by atoms with E-state index in [-0.39, 0.29) is 5.78 Å². The fraction of sp³-hybridized carbons (Fsp3) is 0.167. The Kier molecular flexibility index (Phi) is 2.92. The van der Waals surface area contributed by atoms with Crippen LogP contribution in [0, 0.1) is 6.92 Å². The second-order valence-electron chi connectivity index (χ2n) is 3.40. The standard InChI is InChI=1S/C12H11NOS/c1-9-4-5-11(13-8-9)12(14)7-10-3-2-6-15-10/h2-6,8H,7H2,1H3. The Morgan fingerprint density at radius 2 is 2.27 bits per heavy atom. The van der Waals surface area contributed by atoms with E-state index in [1.165, 1.54) is 0 Å². The van der Waals surface area contributed by atoms with Crippen LogP contribution < -0.4 is 0 Å². The van der Waals surface area contributed by atoms with E-state index in [1.807, 2.05) is 30.5 Å². The van der Waals surface area contributed by atoms with Crippen molar-refractivity contribution in [1.82, 2.24) is 4.98 Å². The molecule has 15 heavy (non-hydrogen) atoms. The van der Waals surface area contributed by atoms with Gasteiger partial charge in [0.15, 0.2) is 5.78 Å². The normalized spacial score (nSPS) is 10.2. The first-order valence-corrected chi connectivity index (χ1v) is 5.62. The van der Waals surface area contributed by atoms with Crippen molar-refractivity contribution in [2.24, 2.45) is 0 Å². The minimum atomic E-state index is 0.0810. The summed E-state index contributed by atoms with van der Waals surface area (Å²) < 4.78 is 0. The van der Waals surface area contributed by atoms with Crippen LogP contribution in [0.3, 0.4) is 0 Å². The summed E-state index contributed by atoms with van der Waals surface area (Å²) in [5, 5.41) is 1.98. The molecule has 0 aliphatic heterocycles. The maximum atomic E-state index is 11.8. The lowest BCUT2D eigenvalue weighted by atomic mass is 10.1. The summed E-state index contributed by atoms with van der Waals surface area (Å²) in [4.78, 5) is 17.0. The summed E-state index contributed by atoms with van der Waals surface area (Å²) in [6, 6.07) is 7.62. The Hall–Kier alpha value is -1.48. The van der Waals surface area contributed by atoms with Crippen molar-refractivity contribution >= 4 is 17.1 Å². The van der Waals surface area contributed by atoms with Crippen molar-refractivity contribution in [3.8, 4) is 0 Å². The molecule has 0 saturated heterocycles. The molecular weight excluding hydrogens is 206 g/mol. The number of hydrogen-bond donors (Lipinski definition) is 0. The Bertz CT molecular complexity index is 445. The highest BCUT2D eigenvalue weighted by Crippen LogP contribution is 2.12. The predicted octanol–water partition coefficient (Wildman–Crippen LogP) is 2.88. The van der Waals surface area contributed by atoms with Gasteiger partial charge in [-0.2, -0.15) is 0 Å². The van der Waals surface area contributed by atoms with E-state index in [2.05, 4.69) is 4.98 Å². The third-order valence-electron chi connectivity index (χ3n) is 2.11. The monoisotopic (exact) mass is 217 g/mol. The van der Waals surface area contributed by atoms with Crippen LogP contribution in [0.2, 0.25) is 0 Å². The summed E-state index contributed by atoms with van der Waals surface area (Å²) in [6.45, 7) is 1.96. The van der Waals surface area contributed by atoms with Crippen molar-refractivity contribution in [1.29, 1.82) is 0 Å². The van der Waals surface area contributed by atoms with Crippen LogP contribution in [0.25, 0.3) is 0 Å². The van der Waals surface area contributed by atoms with Crippen LogP contribution in [0.5, 0.6) is 0 Å². The molecule has 2 heterocycles. The van der Waals surface area contributed by atoms with E-state index in [9.17, 15) is 4.79 Å². The zero-order valence-corrected chi connectivity index (χ0v) is 9.25. The highest BCUT2D eigenvalue weighted by molar-refractivity contribution is 7.10. The van der Waals surface area contributed by atoms with Gasteiger partial charge in [0.2, 0.25) is 0 Å². The van der Waals surface area contributed by atoms with E-state index in [4.69, 9.17) is 0 Å². The molecule has 0 aliphatic carbocycles. The second-order valence-corrected chi connectivity index (χ2v) is 4.43. The van der Waals surface area contributed by atoms with E-state index >= 15 is 0 Å². The van der Waals surface area contributed by atoms with Crippen molar-refractivity contribution in [3.63, 3.8) is 0 Å². The number of hydrogen-bond acceptors (Lipinski definition) is 3. The quantitative estimate of drug-likeness (QED) is 0.740. The van der Waals surface area contributed by atoms with Crippen LogP contribution in [-0.2, 0) is 6.42 Å². The zero-order valence-electron chi connectivity index (χ0n) is 8.43. The van der Waals surface area contributed by atoms with Crippen molar-refractivity contribution in [3.05, 3.63) is 52.0 Å². The number of aryl methyl sites for hydroxylation is 1. The molecule has 2 rings (SSSR count). The number of carbonyl (C=O) groups is 1. The van der Waals surface area contributed by atoms with Gasteiger partial charge in [-0.3, -0.25) is 9.78 Å². The van der Waals surface area contributed by atoms with Gasteiger partial charge in [-0.1, -0.05) is 12.1 Å². The number of pyridine rings is 1. The van der Waals surface area contributed by atoms with Gasteiger partial charge in [0.1, 0.15) is 5.69 Å². The molecular formula is C12H11NOS. The largest absolute Gasteiger partial charge is 0.292 e. The van der Waals surface area contributed by atoms with Gasteiger partial charge in [0.05, 0.1) is 0 Å². The van der Waals surface area contributed by atoms with E-state index in [1.54, 1.807) is 23.6 Å². The van der Waals surface area contributed by atoms with Gasteiger partial charge < -0.3 is 0 Å². The lowest BCUT2D eigenvalue weighted by Crippen LogP contribution is -2.04. The first-order valence-electron chi connectivity index (χ1n) is 4.74. The maximum absolute atomic E-state index is 11.8. The molecule has 0 spiro atoms. The average Bonchev–Trinajstić information content (AvgIpc) is 2.71. The Morgan fingerprint density at radius 3 is 2.87 bits per heavy atom. The molecule has 0 bridgehead atoms. The van der Waals surface area contributed by atoms with Gasteiger partial charge in [-0.25, -0.2) is 0 Å². The van der Waals surface area contributed by atoms with Gasteiger partial charge in [0.25, 0.3) is 0 Å². The first-order chi connectivity index (χ1) is 7.25. The maximum Gasteiger partial charge on any atom is 0.186 e. The van der Waals surface area contributed by atoms with E-state index < -0.39 is 0 Å². The van der Waals surface area contributed by atoms with Gasteiger partial charge in [-0.15, -0.1) is 11.3 Å². The summed E-state index contributed by atoms with van der Waals surface area (Å²) in [7, 11) is 0. The number of ketones is 1. The molecule has 2 nitrogen and oxygen atoms in total. The molecule has 76 valence electrons. The molecule has 0 atom stereocenters. The number of carbonyl (C=O) groups excluding carboxylic acids is 1. The third kappa shape index (κ3) is 2.50. The Balaban J connectivity index is 2.11. The summed E-state index contributed by atoms with van der Waals surface area (Å²) in [5.41, 5.74) is 1.62. The van der Waals surface area contributed by atoms with Crippen LogP contribution in [0.15, 0.2) is 35.8 Å². The fourth-order valence-electron chi connectivity index (χ4n) is 1.29. The molecule has 3 heteroatoms. The number of Topliss-reactive ketones (excluding diaryl/α,β-unsaturated/α-hetero) is 1. The minimum absolute atomic E-state index is 0.0810. The highest BCUT2D eigenvalue weighted by atomic mass is 32.1. The second kappa shape index (κ2) is 4.36. The number of nitrogens with zero attached hydrogens (tertiary/aromatic N) is 1. The predicted molar refractivity (Wildman–Crippen MR) is 61.3 cm³/mol. The molecule has 2 aromatic heterocycles. The molecule has 0 aliphatic rings. The van der Waals surface area contributed by atoms with Crippen LogP contribution in [0.1, 0.15) is 20.9 Å². The Morgan fingerprint density at radius 1 is 1.40 bits per heavy atom. The molecule has 0 unspecified atom stereocenters. The highest BCUT2D eigenvalue weighted by Gasteiger charge is 2.08. The van der Waals surface area contributed by atoms with Crippen LogP contribution >= 0.6 is 11.3 Å². The lowest BCUT2D eigenvalue weighted by Gasteiger charge is -1.98. The fourth-order valence-corrected chi connectivity index (χ4v) is 2.00. The van der Waals surface area contributed by atoms with Gasteiger partial charge in [0, 0.05) is 17.5 Å². The molecule has 0 fully saturated rings. The zero-order chi connectivity index (χ0) is 10.7. The lowest BCUT2D eigenvalue weighted by molar-refractivity contribution is 0.0989. The van der Waals surface area contributed by atoms with E-state index in [0.717, 1.165) is 10.4 Å². The van der Waals surface area contributed by atoms with Gasteiger partial charge in [-0.05, 0) is 30.0 Å². The number of thiophene rings is 1. The minimum Gasteiger partial charge on any atom is -0.292 e. The first kappa shape index (κ1) is 10.1. The molecule has 0 radical (unpaired) electrons. The van der Waals surface area contributed by atoms with Crippen LogP contribution in [0.4, 0.5) is 0 Å². The topological polar surface area (TPSA) is 30.0 Å². The summed E-state index contributed by atoms with van der Waals surface area (Å²) in [6.07, 6.45) is 2.18. The smallest absolute Gasteiger partial charge is 0.186 e. The molecule has 0 N–H and O–H groups in total. The number of rotatable bonds is 3. The SMILES string of the molecule is Cc1ccc(C(=O)Cc2cccs2)nc1. The third-order valence-corrected chi connectivity index (χ3v) is 2.99. The molecule has 2 aromatic rings. The molecule has 0 saturated carbocycles. The van der Waals surface area contributed by atoms with Crippen molar-refractivity contribution in [2.45, 2.75) is 13.3 Å².